The predicted molar refractivity (Wildman–Crippen MR) is 48.5 cm³/mol. The molecule has 0 aromatic carbocycles. The van der Waals surface area contributed by atoms with E-state index in [9.17, 15) is 9.59 Å². The van der Waals surface area contributed by atoms with Crippen LogP contribution in [-0.4, -0.2) is 22.5 Å². The highest BCUT2D eigenvalue weighted by molar-refractivity contribution is 9.10. The fourth-order valence-corrected chi connectivity index (χ4v) is 0.997. The van der Waals surface area contributed by atoms with Crippen LogP contribution in [-0.2, 0) is 4.74 Å². The fourth-order valence-electron chi connectivity index (χ4n) is 0.692. The summed E-state index contributed by atoms with van der Waals surface area (Å²) >= 11 is 2.90. The number of halogens is 1. The first-order chi connectivity index (χ1) is 6.15. The van der Waals surface area contributed by atoms with Crippen molar-refractivity contribution in [2.24, 2.45) is 0 Å². The van der Waals surface area contributed by atoms with Crippen molar-refractivity contribution in [3.63, 3.8) is 0 Å². The summed E-state index contributed by atoms with van der Waals surface area (Å²) in [5.41, 5.74) is -0.304. The Morgan fingerprint density at radius 1 is 1.77 bits per heavy atom. The van der Waals surface area contributed by atoms with Crippen molar-refractivity contribution in [3.05, 3.63) is 26.8 Å². The summed E-state index contributed by atoms with van der Waals surface area (Å²) in [6.07, 6.45) is 1.21. The summed E-state index contributed by atoms with van der Waals surface area (Å²) in [7, 11) is 0. The summed E-state index contributed by atoms with van der Waals surface area (Å²) in [5, 5.41) is 0. The van der Waals surface area contributed by atoms with Gasteiger partial charge in [0.05, 0.1) is 6.61 Å². The van der Waals surface area contributed by atoms with Gasteiger partial charge in [-0.25, -0.2) is 9.78 Å². The summed E-state index contributed by atoms with van der Waals surface area (Å²) in [6.45, 7) is 1.97. The minimum atomic E-state index is -0.556. The van der Waals surface area contributed by atoms with Gasteiger partial charge in [-0.3, -0.25) is 4.79 Å². The van der Waals surface area contributed by atoms with Crippen LogP contribution in [0.5, 0.6) is 0 Å². The second kappa shape index (κ2) is 4.18. The fraction of sp³-hybridized carbons (Fsp3) is 0.286. The van der Waals surface area contributed by atoms with Gasteiger partial charge in [-0.15, -0.1) is 0 Å². The quantitative estimate of drug-likeness (QED) is 0.781. The van der Waals surface area contributed by atoms with Crippen molar-refractivity contribution in [2.75, 3.05) is 6.61 Å². The van der Waals surface area contributed by atoms with Crippen molar-refractivity contribution in [1.82, 2.24) is 9.97 Å². The van der Waals surface area contributed by atoms with Gasteiger partial charge in [0.2, 0.25) is 0 Å². The SMILES string of the molecule is CCOC(=O)c1c[nH]c(=O)c(Br)n1. The lowest BCUT2D eigenvalue weighted by molar-refractivity contribution is 0.0518. The van der Waals surface area contributed by atoms with E-state index in [2.05, 4.69) is 30.6 Å². The Bertz CT molecular complexity index is 374. The van der Waals surface area contributed by atoms with Crippen molar-refractivity contribution in [1.29, 1.82) is 0 Å². The standard InChI is InChI=1S/C7H7BrN2O3/c1-2-13-7(12)4-3-9-6(11)5(8)10-4/h3H,2H2,1H3,(H,9,11). The number of ether oxygens (including phenoxy) is 1. The van der Waals surface area contributed by atoms with Crippen molar-refractivity contribution < 1.29 is 9.53 Å². The van der Waals surface area contributed by atoms with Gasteiger partial charge in [0, 0.05) is 6.20 Å². The van der Waals surface area contributed by atoms with E-state index in [1.807, 2.05) is 0 Å². The first kappa shape index (κ1) is 9.91. The normalized spacial score (nSPS) is 9.69. The zero-order valence-corrected chi connectivity index (χ0v) is 8.42. The summed E-state index contributed by atoms with van der Waals surface area (Å²) in [5.74, 6) is -0.556. The Balaban J connectivity index is 2.97. The van der Waals surface area contributed by atoms with Gasteiger partial charge in [0.1, 0.15) is 0 Å². The van der Waals surface area contributed by atoms with Crippen LogP contribution in [0.2, 0.25) is 0 Å². The number of nitrogens with one attached hydrogen (secondary N) is 1. The molecule has 0 unspecified atom stereocenters. The second-order valence-electron chi connectivity index (χ2n) is 2.13. The maximum Gasteiger partial charge on any atom is 0.358 e. The molecule has 0 saturated heterocycles. The molecule has 0 fully saturated rings. The van der Waals surface area contributed by atoms with E-state index in [1.54, 1.807) is 6.92 Å². The predicted octanol–water partition coefficient (Wildman–Crippen LogP) is 0.709. The molecule has 70 valence electrons. The van der Waals surface area contributed by atoms with E-state index in [4.69, 9.17) is 0 Å². The molecule has 0 radical (unpaired) electrons. The number of esters is 1. The van der Waals surface area contributed by atoms with E-state index in [0.29, 0.717) is 0 Å². The van der Waals surface area contributed by atoms with Gasteiger partial charge in [-0.05, 0) is 22.9 Å². The molecular weight excluding hydrogens is 240 g/mol. The maximum atomic E-state index is 11.1. The van der Waals surface area contributed by atoms with Crippen LogP contribution in [0.25, 0.3) is 0 Å². The summed E-state index contributed by atoms with van der Waals surface area (Å²) in [4.78, 5) is 27.9. The molecule has 0 atom stereocenters. The number of rotatable bonds is 2. The van der Waals surface area contributed by atoms with Gasteiger partial charge in [-0.2, -0.15) is 0 Å². The third kappa shape index (κ3) is 2.38. The molecule has 1 aromatic heterocycles. The topological polar surface area (TPSA) is 72.1 Å². The molecular formula is C7H7BrN2O3. The monoisotopic (exact) mass is 246 g/mol. The van der Waals surface area contributed by atoms with Crippen LogP contribution < -0.4 is 5.56 Å². The van der Waals surface area contributed by atoms with Crippen LogP contribution in [0, 0.1) is 0 Å². The molecule has 1 N–H and O–H groups in total. The number of nitrogens with zero attached hydrogens (tertiary/aromatic N) is 1. The molecule has 0 saturated carbocycles. The van der Waals surface area contributed by atoms with Crippen molar-refractivity contribution in [3.8, 4) is 0 Å². The average molecular weight is 247 g/mol. The molecule has 6 heteroatoms. The Kier molecular flexibility index (Phi) is 3.18. The number of carbonyl (C=O) groups is 1. The molecule has 1 heterocycles. The highest BCUT2D eigenvalue weighted by atomic mass is 79.9. The third-order valence-corrected chi connectivity index (χ3v) is 1.77. The van der Waals surface area contributed by atoms with Crippen LogP contribution in [0.3, 0.4) is 0 Å². The van der Waals surface area contributed by atoms with E-state index >= 15 is 0 Å². The van der Waals surface area contributed by atoms with Gasteiger partial charge in [-0.1, -0.05) is 0 Å². The van der Waals surface area contributed by atoms with E-state index < -0.39 is 5.97 Å². The lowest BCUT2D eigenvalue weighted by Gasteiger charge is -1.99. The molecule has 0 aliphatic heterocycles. The largest absolute Gasteiger partial charge is 0.461 e. The number of aromatic nitrogens is 2. The molecule has 1 aromatic rings. The molecule has 0 spiro atoms. The van der Waals surface area contributed by atoms with Crippen LogP contribution >= 0.6 is 15.9 Å². The Labute approximate surface area is 82.3 Å². The minimum Gasteiger partial charge on any atom is -0.461 e. The van der Waals surface area contributed by atoms with Crippen molar-refractivity contribution in [2.45, 2.75) is 6.92 Å². The number of aromatic amines is 1. The lowest BCUT2D eigenvalue weighted by Crippen LogP contribution is -2.14. The van der Waals surface area contributed by atoms with Gasteiger partial charge >= 0.3 is 5.97 Å². The number of hydrogen-bond acceptors (Lipinski definition) is 4. The van der Waals surface area contributed by atoms with E-state index in [-0.39, 0.29) is 22.5 Å². The molecule has 5 nitrogen and oxygen atoms in total. The molecule has 0 amide bonds. The van der Waals surface area contributed by atoms with Crippen LogP contribution in [0.4, 0.5) is 0 Å². The lowest BCUT2D eigenvalue weighted by atomic mass is 10.4. The minimum absolute atomic E-state index is 0.0676. The van der Waals surface area contributed by atoms with Gasteiger partial charge < -0.3 is 9.72 Å². The smallest absolute Gasteiger partial charge is 0.358 e. The maximum absolute atomic E-state index is 11.1. The Hall–Kier alpha value is -1.17. The highest BCUT2D eigenvalue weighted by Crippen LogP contribution is 2.00. The number of hydrogen-bond donors (Lipinski definition) is 1. The molecule has 13 heavy (non-hydrogen) atoms. The first-order valence-corrected chi connectivity index (χ1v) is 4.36. The van der Waals surface area contributed by atoms with E-state index in [0.717, 1.165) is 0 Å². The summed E-state index contributed by atoms with van der Waals surface area (Å²) < 4.78 is 4.75. The molecule has 1 rings (SSSR count). The Morgan fingerprint density at radius 2 is 2.46 bits per heavy atom. The van der Waals surface area contributed by atoms with Crippen LogP contribution in [0.1, 0.15) is 17.4 Å². The summed E-state index contributed by atoms with van der Waals surface area (Å²) in [6, 6.07) is 0. The van der Waals surface area contributed by atoms with E-state index in [1.165, 1.54) is 6.20 Å². The third-order valence-electron chi connectivity index (χ3n) is 1.23. The molecule has 0 bridgehead atoms. The zero-order valence-electron chi connectivity index (χ0n) is 6.83. The number of H-pyrrole nitrogens is 1. The highest BCUT2D eigenvalue weighted by Gasteiger charge is 2.09. The van der Waals surface area contributed by atoms with Gasteiger partial charge in [0.25, 0.3) is 5.56 Å². The van der Waals surface area contributed by atoms with Gasteiger partial charge in [0.15, 0.2) is 10.3 Å². The average Bonchev–Trinajstić information content (AvgIpc) is 2.10. The molecule has 0 aliphatic carbocycles. The van der Waals surface area contributed by atoms with Crippen LogP contribution in [0.15, 0.2) is 15.6 Å². The Morgan fingerprint density at radius 3 is 3.00 bits per heavy atom. The zero-order chi connectivity index (χ0) is 9.84. The molecule has 0 aliphatic rings. The second-order valence-corrected chi connectivity index (χ2v) is 2.88. The number of carbonyl (C=O) groups excluding carboxylic acids is 1. The first-order valence-electron chi connectivity index (χ1n) is 3.57. The van der Waals surface area contributed by atoms with Crippen molar-refractivity contribution >= 4 is 21.9 Å².